The van der Waals surface area contributed by atoms with Crippen molar-refractivity contribution in [1.82, 2.24) is 5.32 Å². The van der Waals surface area contributed by atoms with Gasteiger partial charge >= 0.3 is 5.97 Å². The Morgan fingerprint density at radius 2 is 1.87 bits per heavy atom. The van der Waals surface area contributed by atoms with Gasteiger partial charge in [0.05, 0.1) is 11.6 Å². The SMILES string of the molecule is Cc1ccccc1C(C)NC(=O)C1Cc2ccccc2C(=O)O1. The number of carbonyl (C=O) groups is 2. The van der Waals surface area contributed by atoms with Crippen LogP contribution in [0.4, 0.5) is 0 Å². The zero-order valence-corrected chi connectivity index (χ0v) is 13.2. The van der Waals surface area contributed by atoms with Crippen LogP contribution < -0.4 is 5.32 Å². The van der Waals surface area contributed by atoms with E-state index in [2.05, 4.69) is 5.32 Å². The number of nitrogens with one attached hydrogen (secondary N) is 1. The summed E-state index contributed by atoms with van der Waals surface area (Å²) in [5.74, 6) is -0.695. The van der Waals surface area contributed by atoms with Crippen LogP contribution in [0.1, 0.15) is 40.0 Å². The predicted molar refractivity (Wildman–Crippen MR) is 87.1 cm³/mol. The maximum Gasteiger partial charge on any atom is 0.339 e. The van der Waals surface area contributed by atoms with Gasteiger partial charge < -0.3 is 10.1 Å². The minimum atomic E-state index is -0.774. The van der Waals surface area contributed by atoms with E-state index in [4.69, 9.17) is 4.74 Å². The van der Waals surface area contributed by atoms with Gasteiger partial charge in [0, 0.05) is 6.42 Å². The second kappa shape index (κ2) is 6.24. The van der Waals surface area contributed by atoms with Gasteiger partial charge in [0.15, 0.2) is 6.10 Å². The zero-order valence-electron chi connectivity index (χ0n) is 13.2. The number of benzene rings is 2. The molecule has 0 spiro atoms. The summed E-state index contributed by atoms with van der Waals surface area (Å²) in [5, 5.41) is 2.94. The van der Waals surface area contributed by atoms with Crippen LogP contribution in [-0.2, 0) is 16.0 Å². The number of amides is 1. The lowest BCUT2D eigenvalue weighted by Gasteiger charge is -2.25. The molecule has 3 rings (SSSR count). The number of fused-ring (bicyclic) bond motifs is 1. The summed E-state index contributed by atoms with van der Waals surface area (Å²) in [5.41, 5.74) is 3.57. The molecule has 0 radical (unpaired) electrons. The Kier molecular flexibility index (Phi) is 4.15. The van der Waals surface area contributed by atoms with Crippen molar-refractivity contribution in [3.63, 3.8) is 0 Å². The topological polar surface area (TPSA) is 55.4 Å². The van der Waals surface area contributed by atoms with Gasteiger partial charge in [-0.15, -0.1) is 0 Å². The molecule has 2 aromatic carbocycles. The Hall–Kier alpha value is -2.62. The highest BCUT2D eigenvalue weighted by Gasteiger charge is 2.31. The maximum atomic E-state index is 12.5. The first-order valence-corrected chi connectivity index (χ1v) is 7.71. The molecule has 23 heavy (non-hydrogen) atoms. The van der Waals surface area contributed by atoms with E-state index in [1.165, 1.54) is 0 Å². The summed E-state index contributed by atoms with van der Waals surface area (Å²) in [6.07, 6.45) is -0.363. The lowest BCUT2D eigenvalue weighted by atomic mass is 9.97. The van der Waals surface area contributed by atoms with Crippen molar-refractivity contribution in [2.75, 3.05) is 0 Å². The van der Waals surface area contributed by atoms with Gasteiger partial charge in [0.25, 0.3) is 5.91 Å². The number of cyclic esters (lactones) is 1. The lowest BCUT2D eigenvalue weighted by Crippen LogP contribution is -2.42. The molecule has 0 fully saturated rings. The molecule has 4 nitrogen and oxygen atoms in total. The summed E-state index contributed by atoms with van der Waals surface area (Å²) in [6, 6.07) is 15.0. The number of aryl methyl sites for hydroxylation is 1. The number of hydrogen-bond acceptors (Lipinski definition) is 3. The van der Waals surface area contributed by atoms with E-state index in [0.717, 1.165) is 16.7 Å². The molecule has 0 saturated heterocycles. The molecule has 0 bridgehead atoms. The van der Waals surface area contributed by atoms with Gasteiger partial charge in [0.2, 0.25) is 0 Å². The standard InChI is InChI=1S/C19H19NO3/c1-12-7-3-5-9-15(12)13(2)20-18(21)17-11-14-8-4-6-10-16(14)19(22)23-17/h3-10,13,17H,11H2,1-2H3,(H,20,21). The van der Waals surface area contributed by atoms with Crippen molar-refractivity contribution in [1.29, 1.82) is 0 Å². The molecule has 1 heterocycles. The molecule has 0 aromatic heterocycles. The molecule has 1 aliphatic rings. The van der Waals surface area contributed by atoms with Gasteiger partial charge in [-0.2, -0.15) is 0 Å². The van der Waals surface area contributed by atoms with Crippen LogP contribution in [-0.4, -0.2) is 18.0 Å². The summed E-state index contributed by atoms with van der Waals surface area (Å²) in [4.78, 5) is 24.5. The molecule has 4 heteroatoms. The fourth-order valence-electron chi connectivity index (χ4n) is 2.93. The number of carbonyl (C=O) groups excluding carboxylic acids is 2. The van der Waals surface area contributed by atoms with Crippen LogP contribution in [0.2, 0.25) is 0 Å². The Morgan fingerprint density at radius 1 is 1.17 bits per heavy atom. The molecule has 2 unspecified atom stereocenters. The van der Waals surface area contributed by atoms with Gasteiger partial charge in [-0.3, -0.25) is 4.79 Å². The molecule has 1 aliphatic heterocycles. The van der Waals surface area contributed by atoms with Crippen molar-refractivity contribution in [3.05, 3.63) is 70.8 Å². The van der Waals surface area contributed by atoms with E-state index in [1.54, 1.807) is 12.1 Å². The second-order valence-electron chi connectivity index (χ2n) is 5.84. The first-order valence-electron chi connectivity index (χ1n) is 7.71. The molecular weight excluding hydrogens is 290 g/mol. The smallest absolute Gasteiger partial charge is 0.339 e. The fourth-order valence-corrected chi connectivity index (χ4v) is 2.93. The van der Waals surface area contributed by atoms with E-state index in [9.17, 15) is 9.59 Å². The Morgan fingerprint density at radius 3 is 2.65 bits per heavy atom. The van der Waals surface area contributed by atoms with Crippen molar-refractivity contribution in [3.8, 4) is 0 Å². The third-order valence-corrected chi connectivity index (χ3v) is 4.20. The first-order chi connectivity index (χ1) is 11.1. The van der Waals surface area contributed by atoms with Gasteiger partial charge in [-0.1, -0.05) is 42.5 Å². The number of rotatable bonds is 3. The number of ether oxygens (including phenoxy) is 1. The van der Waals surface area contributed by atoms with Gasteiger partial charge in [-0.25, -0.2) is 4.79 Å². The number of esters is 1. The summed E-state index contributed by atoms with van der Waals surface area (Å²) >= 11 is 0. The first kappa shape index (κ1) is 15.3. The normalized spacial score (nSPS) is 17.8. The largest absolute Gasteiger partial charge is 0.448 e. The Bertz CT molecular complexity index is 754. The third kappa shape index (κ3) is 3.11. The van der Waals surface area contributed by atoms with Crippen molar-refractivity contribution in [2.24, 2.45) is 0 Å². The molecule has 2 aromatic rings. The summed E-state index contributed by atoms with van der Waals surface area (Å²) in [7, 11) is 0. The van der Waals surface area contributed by atoms with Gasteiger partial charge in [-0.05, 0) is 36.6 Å². The highest BCUT2D eigenvalue weighted by Crippen LogP contribution is 2.22. The fraction of sp³-hybridized carbons (Fsp3) is 0.263. The molecular formula is C19H19NO3. The maximum absolute atomic E-state index is 12.5. The second-order valence-corrected chi connectivity index (χ2v) is 5.84. The van der Waals surface area contributed by atoms with Crippen molar-refractivity contribution < 1.29 is 14.3 Å². The molecule has 0 aliphatic carbocycles. The summed E-state index contributed by atoms with van der Waals surface area (Å²) in [6.45, 7) is 3.94. The van der Waals surface area contributed by atoms with Crippen LogP contribution >= 0.6 is 0 Å². The predicted octanol–water partition coefficient (Wildman–Crippen LogP) is 2.95. The van der Waals surface area contributed by atoms with Crippen LogP contribution in [0.3, 0.4) is 0 Å². The number of hydrogen-bond donors (Lipinski definition) is 1. The Labute approximate surface area is 135 Å². The minimum absolute atomic E-state index is 0.139. The summed E-state index contributed by atoms with van der Waals surface area (Å²) < 4.78 is 5.29. The van der Waals surface area contributed by atoms with E-state index in [-0.39, 0.29) is 11.9 Å². The van der Waals surface area contributed by atoms with Crippen LogP contribution in [0.5, 0.6) is 0 Å². The lowest BCUT2D eigenvalue weighted by molar-refractivity contribution is -0.131. The Balaban J connectivity index is 1.72. The van der Waals surface area contributed by atoms with E-state index < -0.39 is 12.1 Å². The molecule has 0 saturated carbocycles. The monoisotopic (exact) mass is 309 g/mol. The van der Waals surface area contributed by atoms with E-state index in [0.29, 0.717) is 12.0 Å². The van der Waals surface area contributed by atoms with Crippen molar-refractivity contribution in [2.45, 2.75) is 32.4 Å². The van der Waals surface area contributed by atoms with E-state index in [1.807, 2.05) is 50.2 Å². The van der Waals surface area contributed by atoms with Crippen molar-refractivity contribution >= 4 is 11.9 Å². The van der Waals surface area contributed by atoms with Crippen LogP contribution in [0.15, 0.2) is 48.5 Å². The quantitative estimate of drug-likeness (QED) is 0.887. The van der Waals surface area contributed by atoms with E-state index >= 15 is 0 Å². The molecule has 118 valence electrons. The highest BCUT2D eigenvalue weighted by molar-refractivity contribution is 5.95. The third-order valence-electron chi connectivity index (χ3n) is 4.20. The van der Waals surface area contributed by atoms with Crippen LogP contribution in [0, 0.1) is 6.92 Å². The average Bonchev–Trinajstić information content (AvgIpc) is 2.55. The zero-order chi connectivity index (χ0) is 16.4. The van der Waals surface area contributed by atoms with Crippen LogP contribution in [0.25, 0.3) is 0 Å². The molecule has 1 N–H and O–H groups in total. The highest BCUT2D eigenvalue weighted by atomic mass is 16.5. The average molecular weight is 309 g/mol. The molecule has 1 amide bonds. The molecule has 2 atom stereocenters. The minimum Gasteiger partial charge on any atom is -0.448 e. The van der Waals surface area contributed by atoms with Gasteiger partial charge in [0.1, 0.15) is 0 Å².